The predicted octanol–water partition coefficient (Wildman–Crippen LogP) is 3.65. The van der Waals surface area contributed by atoms with Crippen LogP contribution in [-0.4, -0.2) is 22.8 Å². The van der Waals surface area contributed by atoms with Crippen molar-refractivity contribution >= 4 is 8.56 Å². The molecular weight excluding hydrogens is 204 g/mol. The lowest BCUT2D eigenvalue weighted by atomic mass is 10.3. The van der Waals surface area contributed by atoms with Gasteiger partial charge in [-0.05, 0) is 37.8 Å². The van der Waals surface area contributed by atoms with Crippen LogP contribution < -0.4 is 0 Å². The summed E-state index contributed by atoms with van der Waals surface area (Å²) in [4.78, 5) is 0. The van der Waals surface area contributed by atoms with Crippen molar-refractivity contribution in [2.75, 3.05) is 14.2 Å². The number of allylic oxidation sites excluding steroid dienone is 2. The fourth-order valence-corrected chi connectivity index (χ4v) is 4.37. The summed E-state index contributed by atoms with van der Waals surface area (Å²) in [6.07, 6.45) is 8.23. The van der Waals surface area contributed by atoms with Crippen molar-refractivity contribution in [2.24, 2.45) is 0 Å². The first-order valence-corrected chi connectivity index (χ1v) is 7.80. The van der Waals surface area contributed by atoms with Gasteiger partial charge in [0.1, 0.15) is 0 Å². The first kappa shape index (κ1) is 14.6. The van der Waals surface area contributed by atoms with Crippen molar-refractivity contribution in [1.82, 2.24) is 0 Å². The normalized spacial score (nSPS) is 11.3. The van der Waals surface area contributed by atoms with Gasteiger partial charge in [-0.1, -0.05) is 12.2 Å². The lowest BCUT2D eigenvalue weighted by Crippen LogP contribution is -2.39. The van der Waals surface area contributed by atoms with E-state index in [-0.39, 0.29) is 0 Å². The van der Waals surface area contributed by atoms with E-state index in [1.807, 2.05) is 12.2 Å². The molecule has 0 N–H and O–H groups in total. The van der Waals surface area contributed by atoms with E-state index in [1.54, 1.807) is 14.2 Å². The van der Waals surface area contributed by atoms with Crippen LogP contribution in [0.2, 0.25) is 12.1 Å². The Morgan fingerprint density at radius 3 is 1.60 bits per heavy atom. The van der Waals surface area contributed by atoms with E-state index < -0.39 is 8.56 Å². The third-order valence-corrected chi connectivity index (χ3v) is 6.39. The van der Waals surface area contributed by atoms with Gasteiger partial charge >= 0.3 is 8.56 Å². The molecule has 0 aliphatic heterocycles. The highest BCUT2D eigenvalue weighted by Crippen LogP contribution is 2.23. The van der Waals surface area contributed by atoms with Gasteiger partial charge in [-0.2, -0.15) is 0 Å². The van der Waals surface area contributed by atoms with Crippen LogP contribution in [0.15, 0.2) is 25.3 Å². The van der Waals surface area contributed by atoms with E-state index in [2.05, 4.69) is 13.2 Å². The lowest BCUT2D eigenvalue weighted by molar-refractivity contribution is 0.239. The van der Waals surface area contributed by atoms with Crippen LogP contribution in [0.1, 0.15) is 25.7 Å². The van der Waals surface area contributed by atoms with E-state index in [4.69, 9.17) is 8.85 Å². The van der Waals surface area contributed by atoms with Gasteiger partial charge in [-0.25, -0.2) is 0 Å². The standard InChI is InChI=1S/C12H24O2Si/c1-5-7-9-11-15(13-3,14-4)12-10-8-6-2/h5-6H,1-2,7-12H2,3-4H3. The van der Waals surface area contributed by atoms with Gasteiger partial charge < -0.3 is 8.85 Å². The Morgan fingerprint density at radius 2 is 1.33 bits per heavy atom. The summed E-state index contributed by atoms with van der Waals surface area (Å²) in [6, 6.07) is 2.12. The second-order valence-electron chi connectivity index (χ2n) is 3.68. The summed E-state index contributed by atoms with van der Waals surface area (Å²) in [7, 11) is 1.64. The van der Waals surface area contributed by atoms with Crippen LogP contribution in [-0.2, 0) is 8.85 Å². The van der Waals surface area contributed by atoms with Gasteiger partial charge in [0.2, 0.25) is 0 Å². The Morgan fingerprint density at radius 1 is 0.933 bits per heavy atom. The minimum Gasteiger partial charge on any atom is -0.398 e. The maximum Gasteiger partial charge on any atom is 0.337 e. The summed E-state index contributed by atoms with van der Waals surface area (Å²) in [5.41, 5.74) is 0. The summed E-state index contributed by atoms with van der Waals surface area (Å²) in [6.45, 7) is 7.46. The summed E-state index contributed by atoms with van der Waals surface area (Å²) < 4.78 is 11.3. The molecule has 0 aromatic heterocycles. The van der Waals surface area contributed by atoms with Crippen molar-refractivity contribution in [2.45, 2.75) is 37.8 Å². The number of hydrogen-bond donors (Lipinski definition) is 0. The zero-order chi connectivity index (χ0) is 11.6. The summed E-state index contributed by atoms with van der Waals surface area (Å²) in [5, 5.41) is 0. The molecule has 0 fully saturated rings. The van der Waals surface area contributed by atoms with Gasteiger partial charge in [-0.15, -0.1) is 13.2 Å². The average Bonchev–Trinajstić information content (AvgIpc) is 2.28. The first-order valence-electron chi connectivity index (χ1n) is 5.56. The van der Waals surface area contributed by atoms with E-state index in [0.29, 0.717) is 0 Å². The molecule has 0 aromatic carbocycles. The number of rotatable bonds is 10. The summed E-state index contributed by atoms with van der Waals surface area (Å²) >= 11 is 0. The van der Waals surface area contributed by atoms with Gasteiger partial charge in [-0.3, -0.25) is 0 Å². The average molecular weight is 228 g/mol. The van der Waals surface area contributed by atoms with Gasteiger partial charge in [0, 0.05) is 14.2 Å². The molecule has 3 heteroatoms. The quantitative estimate of drug-likeness (QED) is 0.323. The van der Waals surface area contributed by atoms with Gasteiger partial charge in [0.25, 0.3) is 0 Å². The highest BCUT2D eigenvalue weighted by Gasteiger charge is 2.33. The van der Waals surface area contributed by atoms with Gasteiger partial charge in [0.15, 0.2) is 0 Å². The molecule has 0 saturated heterocycles. The Balaban J connectivity index is 4.03. The minimum atomic E-state index is -1.91. The summed E-state index contributed by atoms with van der Waals surface area (Å²) in [5.74, 6) is 0. The molecule has 0 bridgehead atoms. The maximum atomic E-state index is 5.63. The van der Waals surface area contributed by atoms with E-state index in [9.17, 15) is 0 Å². The molecule has 2 nitrogen and oxygen atoms in total. The van der Waals surface area contributed by atoms with Crippen molar-refractivity contribution in [3.63, 3.8) is 0 Å². The minimum absolute atomic E-state index is 1.04. The predicted molar refractivity (Wildman–Crippen MR) is 68.2 cm³/mol. The monoisotopic (exact) mass is 228 g/mol. The Hall–Kier alpha value is -0.383. The van der Waals surface area contributed by atoms with Crippen LogP contribution >= 0.6 is 0 Å². The molecule has 0 saturated carbocycles. The first-order chi connectivity index (χ1) is 7.24. The fraction of sp³-hybridized carbons (Fsp3) is 0.667. The molecule has 0 spiro atoms. The Labute approximate surface area is 95.2 Å². The van der Waals surface area contributed by atoms with Gasteiger partial charge in [0.05, 0.1) is 0 Å². The zero-order valence-electron chi connectivity index (χ0n) is 10.1. The highest BCUT2D eigenvalue weighted by atomic mass is 28.4. The zero-order valence-corrected chi connectivity index (χ0v) is 11.1. The Bertz CT molecular complexity index is 160. The molecule has 0 aliphatic rings. The SMILES string of the molecule is C=CCCC[Si](CCCC=C)(OC)OC. The molecule has 0 unspecified atom stereocenters. The van der Waals surface area contributed by atoms with E-state index in [1.165, 1.54) is 0 Å². The van der Waals surface area contributed by atoms with E-state index >= 15 is 0 Å². The fourth-order valence-electron chi connectivity index (χ4n) is 1.65. The molecule has 15 heavy (non-hydrogen) atoms. The highest BCUT2D eigenvalue weighted by molar-refractivity contribution is 6.67. The second-order valence-corrected chi connectivity index (χ2v) is 7.32. The number of hydrogen-bond acceptors (Lipinski definition) is 2. The molecule has 0 radical (unpaired) electrons. The topological polar surface area (TPSA) is 18.5 Å². The molecule has 0 aliphatic carbocycles. The van der Waals surface area contributed by atoms with Crippen LogP contribution in [0.25, 0.3) is 0 Å². The van der Waals surface area contributed by atoms with Crippen LogP contribution in [0.4, 0.5) is 0 Å². The number of unbranched alkanes of at least 4 members (excludes halogenated alkanes) is 2. The largest absolute Gasteiger partial charge is 0.398 e. The van der Waals surface area contributed by atoms with Crippen LogP contribution in [0, 0.1) is 0 Å². The molecular formula is C12H24O2Si. The molecule has 88 valence electrons. The Kier molecular flexibility index (Phi) is 8.66. The van der Waals surface area contributed by atoms with Crippen molar-refractivity contribution in [3.05, 3.63) is 25.3 Å². The third kappa shape index (κ3) is 5.92. The van der Waals surface area contributed by atoms with Crippen molar-refractivity contribution in [1.29, 1.82) is 0 Å². The van der Waals surface area contributed by atoms with E-state index in [0.717, 1.165) is 37.8 Å². The smallest absolute Gasteiger partial charge is 0.337 e. The second kappa shape index (κ2) is 8.89. The lowest BCUT2D eigenvalue weighted by Gasteiger charge is -2.27. The molecule has 0 rings (SSSR count). The molecule has 0 atom stereocenters. The van der Waals surface area contributed by atoms with Crippen molar-refractivity contribution < 1.29 is 8.85 Å². The molecule has 0 aromatic rings. The van der Waals surface area contributed by atoms with Crippen LogP contribution in [0.5, 0.6) is 0 Å². The van der Waals surface area contributed by atoms with Crippen LogP contribution in [0.3, 0.4) is 0 Å². The molecule has 0 heterocycles. The van der Waals surface area contributed by atoms with Crippen molar-refractivity contribution in [3.8, 4) is 0 Å². The molecule has 0 amide bonds. The third-order valence-electron chi connectivity index (χ3n) is 2.68. The maximum absolute atomic E-state index is 5.63.